The number of nitrogens with one attached hydrogen (secondary N) is 1. The van der Waals surface area contributed by atoms with Crippen LogP contribution in [0.15, 0.2) is 12.1 Å². The van der Waals surface area contributed by atoms with Gasteiger partial charge in [0.2, 0.25) is 0 Å². The molecule has 0 heterocycles. The number of carboxylic acids is 1. The molecule has 2 N–H and O–H groups in total. The average molecular weight is 253 g/mol. The van der Waals surface area contributed by atoms with E-state index in [1.807, 2.05) is 19.1 Å². The molecule has 0 fully saturated rings. The van der Waals surface area contributed by atoms with Gasteiger partial charge in [0.1, 0.15) is 0 Å². The van der Waals surface area contributed by atoms with E-state index in [0.717, 1.165) is 11.3 Å². The quantitative estimate of drug-likeness (QED) is 0.813. The summed E-state index contributed by atoms with van der Waals surface area (Å²) in [6.07, 6.45) is 0. The number of anilines is 1. The van der Waals surface area contributed by atoms with E-state index < -0.39 is 11.9 Å². The summed E-state index contributed by atoms with van der Waals surface area (Å²) in [5.41, 5.74) is 1.82. The second kappa shape index (κ2) is 6.14. The molecule has 0 radical (unpaired) electrons. The molecule has 0 amide bonds. The number of methoxy groups -OCH3 is 2. The highest BCUT2D eigenvalue weighted by molar-refractivity contribution is 5.70. The smallest absolute Gasteiger partial charge is 0.308 e. The van der Waals surface area contributed by atoms with Crippen molar-refractivity contribution in [3.05, 3.63) is 17.7 Å². The Kier molecular flexibility index (Phi) is 4.83. The second-order valence-corrected chi connectivity index (χ2v) is 4.14. The number of hydrogen-bond acceptors (Lipinski definition) is 4. The van der Waals surface area contributed by atoms with Crippen LogP contribution in [0.25, 0.3) is 0 Å². The van der Waals surface area contributed by atoms with E-state index in [9.17, 15) is 4.79 Å². The Morgan fingerprint density at radius 1 is 1.33 bits per heavy atom. The third-order valence-electron chi connectivity index (χ3n) is 2.75. The molecule has 1 rings (SSSR count). The van der Waals surface area contributed by atoms with E-state index in [1.165, 1.54) is 0 Å². The van der Waals surface area contributed by atoms with Gasteiger partial charge < -0.3 is 19.9 Å². The van der Waals surface area contributed by atoms with E-state index in [0.29, 0.717) is 18.0 Å². The van der Waals surface area contributed by atoms with Crippen LogP contribution < -0.4 is 14.8 Å². The minimum absolute atomic E-state index is 0.367. The standard InChI is InChI=1S/C13H19NO4/c1-8-5-11(17-3)12(18-4)6-10(8)14-7-9(2)13(15)16/h5-6,9,14H,7H2,1-4H3,(H,15,16). The van der Waals surface area contributed by atoms with E-state index in [2.05, 4.69) is 5.32 Å². The molecule has 0 aliphatic rings. The number of benzene rings is 1. The van der Waals surface area contributed by atoms with Gasteiger partial charge in [0.05, 0.1) is 20.1 Å². The summed E-state index contributed by atoms with van der Waals surface area (Å²) in [4.78, 5) is 10.7. The Labute approximate surface area is 107 Å². The largest absolute Gasteiger partial charge is 0.493 e. The van der Waals surface area contributed by atoms with Crippen molar-refractivity contribution in [3.8, 4) is 11.5 Å². The highest BCUT2D eigenvalue weighted by atomic mass is 16.5. The van der Waals surface area contributed by atoms with Crippen LogP contribution in [0.2, 0.25) is 0 Å². The van der Waals surface area contributed by atoms with Crippen LogP contribution in [0.3, 0.4) is 0 Å². The van der Waals surface area contributed by atoms with Crippen LogP contribution in [0.5, 0.6) is 11.5 Å². The van der Waals surface area contributed by atoms with Gasteiger partial charge >= 0.3 is 5.97 Å². The Hall–Kier alpha value is -1.91. The number of hydrogen-bond donors (Lipinski definition) is 2. The predicted molar refractivity (Wildman–Crippen MR) is 69.6 cm³/mol. The molecule has 5 nitrogen and oxygen atoms in total. The molecule has 100 valence electrons. The van der Waals surface area contributed by atoms with Crippen molar-refractivity contribution in [1.29, 1.82) is 0 Å². The summed E-state index contributed by atoms with van der Waals surface area (Å²) >= 11 is 0. The average Bonchev–Trinajstić information content (AvgIpc) is 2.36. The van der Waals surface area contributed by atoms with Crippen molar-refractivity contribution in [2.24, 2.45) is 5.92 Å². The van der Waals surface area contributed by atoms with Crippen LogP contribution in [-0.4, -0.2) is 31.8 Å². The first kappa shape index (κ1) is 14.2. The molecule has 0 aliphatic carbocycles. The van der Waals surface area contributed by atoms with Crippen molar-refractivity contribution in [1.82, 2.24) is 0 Å². The van der Waals surface area contributed by atoms with Gasteiger partial charge in [-0.05, 0) is 18.6 Å². The van der Waals surface area contributed by atoms with E-state index in [4.69, 9.17) is 14.6 Å². The van der Waals surface area contributed by atoms with Crippen molar-refractivity contribution in [2.75, 3.05) is 26.1 Å². The first-order valence-corrected chi connectivity index (χ1v) is 5.69. The minimum Gasteiger partial charge on any atom is -0.493 e. The van der Waals surface area contributed by atoms with Crippen LogP contribution in [-0.2, 0) is 4.79 Å². The maximum absolute atomic E-state index is 10.7. The molecule has 1 aromatic carbocycles. The summed E-state index contributed by atoms with van der Waals surface area (Å²) < 4.78 is 10.4. The zero-order chi connectivity index (χ0) is 13.7. The third kappa shape index (κ3) is 3.29. The number of aliphatic carboxylic acids is 1. The first-order chi connectivity index (χ1) is 8.49. The van der Waals surface area contributed by atoms with Crippen LogP contribution >= 0.6 is 0 Å². The lowest BCUT2D eigenvalue weighted by Crippen LogP contribution is -2.20. The summed E-state index contributed by atoms with van der Waals surface area (Å²) in [6.45, 7) is 3.95. The molecule has 0 aromatic heterocycles. The van der Waals surface area contributed by atoms with E-state index in [-0.39, 0.29) is 0 Å². The van der Waals surface area contributed by atoms with Crippen LogP contribution in [0, 0.1) is 12.8 Å². The van der Waals surface area contributed by atoms with Gasteiger partial charge in [0, 0.05) is 18.3 Å². The van der Waals surface area contributed by atoms with Gasteiger partial charge in [-0.15, -0.1) is 0 Å². The maximum atomic E-state index is 10.7. The molecule has 0 aliphatic heterocycles. The van der Waals surface area contributed by atoms with Gasteiger partial charge in [0.25, 0.3) is 0 Å². The van der Waals surface area contributed by atoms with Crippen LogP contribution in [0.4, 0.5) is 5.69 Å². The fourth-order valence-electron chi connectivity index (χ4n) is 1.52. The van der Waals surface area contributed by atoms with E-state index >= 15 is 0 Å². The molecule has 0 saturated heterocycles. The minimum atomic E-state index is -0.819. The first-order valence-electron chi connectivity index (χ1n) is 5.69. The molecule has 0 bridgehead atoms. The lowest BCUT2D eigenvalue weighted by Gasteiger charge is -2.15. The second-order valence-electron chi connectivity index (χ2n) is 4.14. The lowest BCUT2D eigenvalue weighted by molar-refractivity contribution is -0.140. The Bertz CT molecular complexity index is 431. The molecular weight excluding hydrogens is 234 g/mol. The zero-order valence-electron chi connectivity index (χ0n) is 11.1. The Balaban J connectivity index is 2.86. The number of carbonyl (C=O) groups is 1. The summed E-state index contributed by atoms with van der Waals surface area (Å²) in [5.74, 6) is 0.0125. The molecule has 0 saturated carbocycles. The molecule has 1 unspecified atom stereocenters. The van der Waals surface area contributed by atoms with Crippen molar-refractivity contribution in [2.45, 2.75) is 13.8 Å². The molecule has 5 heteroatoms. The normalized spacial score (nSPS) is 11.8. The number of aryl methyl sites for hydroxylation is 1. The summed E-state index contributed by atoms with van der Waals surface area (Å²) in [5, 5.41) is 11.9. The topological polar surface area (TPSA) is 67.8 Å². The predicted octanol–water partition coefficient (Wildman–Crippen LogP) is 2.14. The Morgan fingerprint density at radius 3 is 2.39 bits per heavy atom. The molecular formula is C13H19NO4. The number of ether oxygens (including phenoxy) is 2. The summed E-state index contributed by atoms with van der Waals surface area (Å²) in [7, 11) is 3.15. The van der Waals surface area contributed by atoms with Crippen molar-refractivity contribution < 1.29 is 19.4 Å². The third-order valence-corrected chi connectivity index (χ3v) is 2.75. The number of rotatable bonds is 6. The fourth-order valence-corrected chi connectivity index (χ4v) is 1.52. The highest BCUT2D eigenvalue weighted by Gasteiger charge is 2.12. The lowest BCUT2D eigenvalue weighted by atomic mass is 10.1. The monoisotopic (exact) mass is 253 g/mol. The van der Waals surface area contributed by atoms with E-state index in [1.54, 1.807) is 21.1 Å². The van der Waals surface area contributed by atoms with Crippen LogP contribution in [0.1, 0.15) is 12.5 Å². The molecule has 18 heavy (non-hydrogen) atoms. The van der Waals surface area contributed by atoms with Gasteiger partial charge in [-0.2, -0.15) is 0 Å². The highest BCUT2D eigenvalue weighted by Crippen LogP contribution is 2.32. The fraction of sp³-hybridized carbons (Fsp3) is 0.462. The molecule has 0 spiro atoms. The molecule has 1 aromatic rings. The summed E-state index contributed by atoms with van der Waals surface area (Å²) in [6, 6.07) is 3.66. The van der Waals surface area contributed by atoms with Gasteiger partial charge in [-0.25, -0.2) is 0 Å². The van der Waals surface area contributed by atoms with Gasteiger partial charge in [-0.1, -0.05) is 6.92 Å². The molecule has 1 atom stereocenters. The SMILES string of the molecule is COc1cc(C)c(NCC(C)C(=O)O)cc1OC. The maximum Gasteiger partial charge on any atom is 0.308 e. The van der Waals surface area contributed by atoms with Crippen molar-refractivity contribution in [3.63, 3.8) is 0 Å². The Morgan fingerprint density at radius 2 is 1.89 bits per heavy atom. The van der Waals surface area contributed by atoms with Gasteiger partial charge in [-0.3, -0.25) is 4.79 Å². The van der Waals surface area contributed by atoms with Crippen molar-refractivity contribution >= 4 is 11.7 Å². The number of carboxylic acid groups (broad SMARTS) is 1. The van der Waals surface area contributed by atoms with Gasteiger partial charge in [0.15, 0.2) is 11.5 Å². The zero-order valence-corrected chi connectivity index (χ0v) is 11.1.